The lowest BCUT2D eigenvalue weighted by Gasteiger charge is -2.03. The molecule has 0 radical (unpaired) electrons. The summed E-state index contributed by atoms with van der Waals surface area (Å²) in [6.07, 6.45) is 1.02. The highest BCUT2D eigenvalue weighted by Gasteiger charge is 1.99. The lowest BCUT2D eigenvalue weighted by molar-refractivity contribution is -0.136. The van der Waals surface area contributed by atoms with E-state index in [4.69, 9.17) is 15.3 Å². The van der Waals surface area contributed by atoms with Crippen LogP contribution in [-0.2, 0) is 4.79 Å². The predicted octanol–water partition coefficient (Wildman–Crippen LogP) is -0.907. The molecule has 0 saturated heterocycles. The topological polar surface area (TPSA) is 89.8 Å². The van der Waals surface area contributed by atoms with Gasteiger partial charge in [-0.15, -0.1) is 0 Å². The molecule has 64 valence electrons. The Hall–Kier alpha value is -1.07. The van der Waals surface area contributed by atoms with Crippen LogP contribution >= 0.6 is 0 Å². The Labute approximate surface area is 64.0 Å². The molecule has 0 fully saturated rings. The first kappa shape index (κ1) is 9.93. The quantitative estimate of drug-likeness (QED) is 0.392. The van der Waals surface area contributed by atoms with Gasteiger partial charge in [-0.05, 0) is 6.08 Å². The summed E-state index contributed by atoms with van der Waals surface area (Å²) in [5.74, 6) is -0.981. The molecule has 0 aliphatic rings. The van der Waals surface area contributed by atoms with Gasteiger partial charge < -0.3 is 20.6 Å². The van der Waals surface area contributed by atoms with Gasteiger partial charge in [-0.25, -0.2) is 0 Å². The third kappa shape index (κ3) is 6.82. The minimum atomic E-state index is -0.981. The molecule has 0 aromatic rings. The van der Waals surface area contributed by atoms with Gasteiger partial charge in [-0.2, -0.15) is 0 Å². The average molecular weight is 161 g/mol. The van der Waals surface area contributed by atoms with Crippen molar-refractivity contribution in [1.82, 2.24) is 5.32 Å². The number of carboxylic acids is 1. The van der Waals surface area contributed by atoms with Crippen LogP contribution in [0.25, 0.3) is 0 Å². The van der Waals surface area contributed by atoms with Gasteiger partial charge in [-0.1, -0.05) is 0 Å². The van der Waals surface area contributed by atoms with Crippen molar-refractivity contribution in [3.63, 3.8) is 0 Å². The van der Waals surface area contributed by atoms with Crippen molar-refractivity contribution in [3.8, 4) is 0 Å². The van der Waals surface area contributed by atoms with Crippen molar-refractivity contribution in [1.29, 1.82) is 0 Å². The molecule has 11 heavy (non-hydrogen) atoms. The molecule has 1 unspecified atom stereocenters. The van der Waals surface area contributed by atoms with Gasteiger partial charge in [0.05, 0.1) is 18.9 Å². The van der Waals surface area contributed by atoms with Gasteiger partial charge in [0.2, 0.25) is 0 Å². The summed E-state index contributed by atoms with van der Waals surface area (Å²) in [6, 6.07) is 0. The molecule has 0 aromatic carbocycles. The SMILES string of the molecule is O=C(O)CNCC(O)C=CO. The molecule has 4 N–H and O–H groups in total. The fourth-order valence-corrected chi connectivity index (χ4v) is 0.494. The average Bonchev–Trinajstić information content (AvgIpc) is 1.87. The van der Waals surface area contributed by atoms with Crippen LogP contribution in [0.1, 0.15) is 0 Å². The van der Waals surface area contributed by atoms with E-state index in [2.05, 4.69) is 5.32 Å². The molecule has 0 aliphatic heterocycles. The number of hydrogen-bond donors (Lipinski definition) is 4. The summed E-state index contributed by atoms with van der Waals surface area (Å²) < 4.78 is 0. The molecule has 0 bridgehead atoms. The van der Waals surface area contributed by atoms with E-state index in [1.807, 2.05) is 0 Å². The fourth-order valence-electron chi connectivity index (χ4n) is 0.494. The lowest BCUT2D eigenvalue weighted by atomic mass is 10.3. The maximum atomic E-state index is 9.93. The summed E-state index contributed by atoms with van der Waals surface area (Å²) in [5.41, 5.74) is 0. The molecule has 0 saturated carbocycles. The van der Waals surface area contributed by atoms with E-state index in [1.165, 1.54) is 0 Å². The van der Waals surface area contributed by atoms with Gasteiger partial charge in [0.15, 0.2) is 0 Å². The second-order valence-electron chi connectivity index (χ2n) is 1.93. The molecule has 0 rings (SSSR count). The number of aliphatic carboxylic acids is 1. The Bertz CT molecular complexity index is 146. The number of nitrogens with one attached hydrogen (secondary N) is 1. The smallest absolute Gasteiger partial charge is 0.317 e. The number of carbonyl (C=O) groups is 1. The molecule has 0 heterocycles. The van der Waals surface area contributed by atoms with Gasteiger partial charge in [0, 0.05) is 6.54 Å². The highest BCUT2D eigenvalue weighted by Crippen LogP contribution is 1.80. The van der Waals surface area contributed by atoms with Gasteiger partial charge in [0.1, 0.15) is 0 Å². The van der Waals surface area contributed by atoms with Gasteiger partial charge in [0.25, 0.3) is 0 Å². The van der Waals surface area contributed by atoms with Crippen molar-refractivity contribution in [3.05, 3.63) is 12.3 Å². The van der Waals surface area contributed by atoms with E-state index >= 15 is 0 Å². The normalized spacial score (nSPS) is 13.5. The first-order valence-corrected chi connectivity index (χ1v) is 3.08. The van der Waals surface area contributed by atoms with E-state index < -0.39 is 12.1 Å². The highest BCUT2D eigenvalue weighted by atomic mass is 16.4. The van der Waals surface area contributed by atoms with Crippen molar-refractivity contribution in [2.75, 3.05) is 13.1 Å². The van der Waals surface area contributed by atoms with Gasteiger partial charge >= 0.3 is 5.97 Å². The van der Waals surface area contributed by atoms with Crippen LogP contribution < -0.4 is 5.32 Å². The largest absolute Gasteiger partial charge is 0.516 e. The molecule has 5 nitrogen and oxygen atoms in total. The van der Waals surface area contributed by atoms with E-state index in [-0.39, 0.29) is 13.1 Å². The highest BCUT2D eigenvalue weighted by molar-refractivity contribution is 5.68. The second-order valence-corrected chi connectivity index (χ2v) is 1.93. The summed E-state index contributed by atoms with van der Waals surface area (Å²) in [7, 11) is 0. The number of aliphatic hydroxyl groups is 2. The van der Waals surface area contributed by atoms with E-state index in [0.717, 1.165) is 6.08 Å². The van der Waals surface area contributed by atoms with Crippen LogP contribution in [0.4, 0.5) is 0 Å². The van der Waals surface area contributed by atoms with Crippen LogP contribution in [0.5, 0.6) is 0 Å². The first-order valence-electron chi connectivity index (χ1n) is 3.08. The van der Waals surface area contributed by atoms with Crippen molar-refractivity contribution >= 4 is 5.97 Å². The maximum Gasteiger partial charge on any atom is 0.317 e. The van der Waals surface area contributed by atoms with Crippen LogP contribution in [0.2, 0.25) is 0 Å². The zero-order valence-electron chi connectivity index (χ0n) is 5.90. The third-order valence-corrected chi connectivity index (χ3v) is 0.938. The minimum Gasteiger partial charge on any atom is -0.516 e. The van der Waals surface area contributed by atoms with Gasteiger partial charge in [-0.3, -0.25) is 4.79 Å². The molecular weight excluding hydrogens is 150 g/mol. The zero-order chi connectivity index (χ0) is 8.69. The summed E-state index contributed by atoms with van der Waals surface area (Å²) >= 11 is 0. The Morgan fingerprint density at radius 1 is 1.64 bits per heavy atom. The Morgan fingerprint density at radius 2 is 2.27 bits per heavy atom. The van der Waals surface area contributed by atoms with E-state index in [1.54, 1.807) is 0 Å². The van der Waals surface area contributed by atoms with Crippen LogP contribution in [-0.4, -0.2) is 40.5 Å². The van der Waals surface area contributed by atoms with Crippen LogP contribution in [0.3, 0.4) is 0 Å². The molecule has 0 aliphatic carbocycles. The number of rotatable bonds is 5. The molecule has 5 heteroatoms. The third-order valence-electron chi connectivity index (χ3n) is 0.938. The number of aliphatic hydroxyl groups excluding tert-OH is 2. The van der Waals surface area contributed by atoms with E-state index in [9.17, 15) is 4.79 Å². The van der Waals surface area contributed by atoms with Crippen molar-refractivity contribution in [2.45, 2.75) is 6.10 Å². The van der Waals surface area contributed by atoms with Crippen LogP contribution in [0.15, 0.2) is 12.3 Å². The lowest BCUT2D eigenvalue weighted by Crippen LogP contribution is -2.29. The zero-order valence-corrected chi connectivity index (χ0v) is 5.90. The van der Waals surface area contributed by atoms with Crippen molar-refractivity contribution in [2.24, 2.45) is 0 Å². The molecular formula is C6H11NO4. The van der Waals surface area contributed by atoms with Crippen molar-refractivity contribution < 1.29 is 20.1 Å². The first-order chi connectivity index (χ1) is 5.16. The molecule has 0 amide bonds. The molecule has 0 spiro atoms. The Morgan fingerprint density at radius 3 is 2.73 bits per heavy atom. The standard InChI is InChI=1S/C6H11NO4/c8-2-1-5(9)3-7-4-6(10)11/h1-2,5,7-9H,3-4H2,(H,10,11). The summed E-state index contributed by atoms with van der Waals surface area (Å²) in [5, 5.41) is 27.6. The van der Waals surface area contributed by atoms with Crippen LogP contribution in [0, 0.1) is 0 Å². The summed E-state index contributed by atoms with van der Waals surface area (Å²) in [4.78, 5) is 9.93. The monoisotopic (exact) mass is 161 g/mol. The predicted molar refractivity (Wildman–Crippen MR) is 38.3 cm³/mol. The second kappa shape index (κ2) is 5.70. The Balaban J connectivity index is 3.31. The Kier molecular flexibility index (Phi) is 5.14. The number of hydrogen-bond acceptors (Lipinski definition) is 4. The summed E-state index contributed by atoms with van der Waals surface area (Å²) in [6.45, 7) is -0.0836. The number of carboxylic acid groups (broad SMARTS) is 1. The maximum absolute atomic E-state index is 9.93. The fraction of sp³-hybridized carbons (Fsp3) is 0.500. The molecule has 0 aromatic heterocycles. The molecule has 1 atom stereocenters. The minimum absolute atomic E-state index is 0.114. The van der Waals surface area contributed by atoms with E-state index in [0.29, 0.717) is 6.26 Å².